The van der Waals surface area contributed by atoms with Gasteiger partial charge in [-0.1, -0.05) is 42.1 Å². The number of benzene rings is 2. The third-order valence-corrected chi connectivity index (χ3v) is 7.77. The first kappa shape index (κ1) is 23.2. The number of pyridine rings is 1. The van der Waals surface area contributed by atoms with Crippen LogP contribution in [-0.2, 0) is 18.3 Å². The molecule has 0 radical (unpaired) electrons. The number of aryl methyl sites for hydroxylation is 1. The summed E-state index contributed by atoms with van der Waals surface area (Å²) in [6, 6.07) is 21.7. The third kappa shape index (κ3) is 5.59. The number of aromatic nitrogens is 3. The number of hydrogen-bond donors (Lipinski definition) is 2. The molecule has 9 heteroatoms. The van der Waals surface area contributed by atoms with Crippen LogP contribution in [0.3, 0.4) is 0 Å². The van der Waals surface area contributed by atoms with Crippen molar-refractivity contribution in [3.05, 3.63) is 90.9 Å². The smallest absolute Gasteiger partial charge is 0.230 e. The van der Waals surface area contributed by atoms with Crippen LogP contribution in [0.5, 0.6) is 0 Å². The van der Waals surface area contributed by atoms with Crippen molar-refractivity contribution in [2.75, 3.05) is 5.32 Å². The summed E-state index contributed by atoms with van der Waals surface area (Å²) in [6.45, 7) is 0. The molecule has 2 N–H and O–H groups in total. The Labute approximate surface area is 216 Å². The van der Waals surface area contributed by atoms with Gasteiger partial charge in [-0.25, -0.2) is 4.98 Å². The molecule has 2 aromatic carbocycles. The minimum atomic E-state index is -0.150. The van der Waals surface area contributed by atoms with Gasteiger partial charge >= 0.3 is 0 Å². The van der Waals surface area contributed by atoms with E-state index in [4.69, 9.17) is 12.2 Å². The Morgan fingerprint density at radius 1 is 1.06 bits per heavy atom. The van der Waals surface area contributed by atoms with Gasteiger partial charge in [-0.05, 0) is 54.2 Å². The van der Waals surface area contributed by atoms with Crippen molar-refractivity contribution in [1.82, 2.24) is 19.9 Å². The molecule has 35 heavy (non-hydrogen) atoms. The number of thiocarbonyl (C=S) groups is 1. The van der Waals surface area contributed by atoms with Crippen molar-refractivity contribution >= 4 is 62.2 Å². The Morgan fingerprint density at radius 2 is 1.86 bits per heavy atom. The summed E-state index contributed by atoms with van der Waals surface area (Å²) < 4.78 is 3.15. The van der Waals surface area contributed by atoms with Gasteiger partial charge in [-0.2, -0.15) is 0 Å². The first-order valence-corrected chi connectivity index (χ1v) is 12.9. The summed E-state index contributed by atoms with van der Waals surface area (Å²) in [7, 11) is 1.99. The van der Waals surface area contributed by atoms with Crippen LogP contribution in [0.4, 0.5) is 5.69 Å². The minimum absolute atomic E-state index is 0.150. The molecule has 3 heterocycles. The lowest BCUT2D eigenvalue weighted by Crippen LogP contribution is -2.35. The summed E-state index contributed by atoms with van der Waals surface area (Å²) in [6.07, 6.45) is 5.87. The summed E-state index contributed by atoms with van der Waals surface area (Å²) in [4.78, 5) is 24.6. The topological polar surface area (TPSA) is 71.8 Å². The van der Waals surface area contributed by atoms with Crippen LogP contribution >= 0.6 is 35.3 Å². The van der Waals surface area contributed by atoms with Gasteiger partial charge in [-0.15, -0.1) is 11.3 Å². The van der Waals surface area contributed by atoms with Gasteiger partial charge in [0.15, 0.2) is 5.11 Å². The molecule has 5 rings (SSSR count). The minimum Gasteiger partial charge on any atom is -0.333 e. The number of imidazole rings is 1. The van der Waals surface area contributed by atoms with E-state index in [1.807, 2.05) is 84.7 Å². The van der Waals surface area contributed by atoms with Gasteiger partial charge in [0.25, 0.3) is 0 Å². The number of fused-ring (bicyclic) bond motifs is 1. The second-order valence-corrected chi connectivity index (χ2v) is 10.4. The highest BCUT2D eigenvalue weighted by Crippen LogP contribution is 2.39. The van der Waals surface area contributed by atoms with Gasteiger partial charge in [0.1, 0.15) is 5.82 Å². The molecule has 0 saturated heterocycles. The predicted molar refractivity (Wildman–Crippen MR) is 147 cm³/mol. The maximum absolute atomic E-state index is 12.2. The summed E-state index contributed by atoms with van der Waals surface area (Å²) in [5, 5.41) is 6.09. The van der Waals surface area contributed by atoms with Gasteiger partial charge in [-0.3, -0.25) is 9.78 Å². The molecule has 0 atom stereocenters. The van der Waals surface area contributed by atoms with Crippen molar-refractivity contribution in [3.63, 3.8) is 0 Å². The molecule has 3 aromatic heterocycles. The van der Waals surface area contributed by atoms with E-state index < -0.39 is 0 Å². The molecule has 174 valence electrons. The second kappa shape index (κ2) is 10.4. The Balaban J connectivity index is 1.23. The van der Waals surface area contributed by atoms with E-state index in [1.54, 1.807) is 29.3 Å². The molecular weight excluding hydrogens is 495 g/mol. The molecule has 5 aromatic rings. The standard InChI is InChI=1S/C26H21N5OS3/c1-31-14-13-28-25(31)22-16-20-24(35-22)21(11-12-27-20)34-19-9-7-18(8-10-19)29-26(33)30-23(32)15-17-5-3-2-4-6-17/h2-14,16H,15H2,1H3,(H2,29,30,32,33). The number of amides is 1. The molecule has 0 spiro atoms. The molecule has 0 unspecified atom stereocenters. The molecule has 0 saturated carbocycles. The van der Waals surface area contributed by atoms with Crippen molar-refractivity contribution < 1.29 is 4.79 Å². The molecule has 6 nitrogen and oxygen atoms in total. The van der Waals surface area contributed by atoms with E-state index in [-0.39, 0.29) is 17.4 Å². The number of carbonyl (C=O) groups is 1. The zero-order valence-electron chi connectivity index (χ0n) is 18.8. The lowest BCUT2D eigenvalue weighted by atomic mass is 10.1. The Hall–Kier alpha value is -3.53. The van der Waals surface area contributed by atoms with Crippen LogP contribution in [0.1, 0.15) is 5.56 Å². The van der Waals surface area contributed by atoms with Crippen LogP contribution in [0.2, 0.25) is 0 Å². The van der Waals surface area contributed by atoms with E-state index >= 15 is 0 Å². The fraction of sp³-hybridized carbons (Fsp3) is 0.0769. The Bertz CT molecular complexity index is 1490. The van der Waals surface area contributed by atoms with Crippen LogP contribution in [0.25, 0.3) is 20.9 Å². The number of nitrogens with zero attached hydrogens (tertiary/aromatic N) is 3. The molecular formula is C26H21N5OS3. The largest absolute Gasteiger partial charge is 0.333 e. The molecule has 0 fully saturated rings. The lowest BCUT2D eigenvalue weighted by Gasteiger charge is -2.10. The molecule has 0 aliphatic rings. The number of anilines is 1. The van der Waals surface area contributed by atoms with E-state index in [0.717, 1.165) is 42.0 Å². The SMILES string of the molecule is Cn1ccnc1-c1cc2nccc(Sc3ccc(NC(=S)NC(=O)Cc4ccccc4)cc3)c2s1. The van der Waals surface area contributed by atoms with Crippen LogP contribution in [0, 0.1) is 0 Å². The Kier molecular flexibility index (Phi) is 6.89. The summed E-state index contributed by atoms with van der Waals surface area (Å²) >= 11 is 8.68. The molecule has 1 amide bonds. The predicted octanol–water partition coefficient (Wildman–Crippen LogP) is 5.90. The molecule has 0 aliphatic heterocycles. The number of nitrogens with one attached hydrogen (secondary N) is 2. The fourth-order valence-electron chi connectivity index (χ4n) is 3.56. The molecule has 0 bridgehead atoms. The maximum atomic E-state index is 12.2. The summed E-state index contributed by atoms with van der Waals surface area (Å²) in [5.74, 6) is 0.787. The zero-order chi connectivity index (χ0) is 24.2. The number of rotatable bonds is 6. The highest BCUT2D eigenvalue weighted by molar-refractivity contribution is 7.99. The monoisotopic (exact) mass is 515 g/mol. The first-order valence-electron chi connectivity index (χ1n) is 10.8. The quantitative estimate of drug-likeness (QED) is 0.274. The van der Waals surface area contributed by atoms with Gasteiger partial charge in [0.2, 0.25) is 5.91 Å². The van der Waals surface area contributed by atoms with Crippen molar-refractivity contribution in [2.24, 2.45) is 7.05 Å². The highest BCUT2D eigenvalue weighted by atomic mass is 32.2. The van der Waals surface area contributed by atoms with Crippen molar-refractivity contribution in [2.45, 2.75) is 16.2 Å². The molecule has 0 aliphatic carbocycles. The Morgan fingerprint density at radius 3 is 2.60 bits per heavy atom. The van der Waals surface area contributed by atoms with Gasteiger partial charge in [0.05, 0.1) is 21.5 Å². The fourth-order valence-corrected chi connectivity index (χ4v) is 5.95. The van der Waals surface area contributed by atoms with Gasteiger partial charge in [0, 0.05) is 41.1 Å². The van der Waals surface area contributed by atoms with Crippen LogP contribution < -0.4 is 10.6 Å². The average Bonchev–Trinajstić information content (AvgIpc) is 3.47. The van der Waals surface area contributed by atoms with Crippen molar-refractivity contribution in [1.29, 1.82) is 0 Å². The maximum Gasteiger partial charge on any atom is 0.230 e. The van der Waals surface area contributed by atoms with E-state index in [1.165, 1.54) is 0 Å². The third-order valence-electron chi connectivity index (χ3n) is 5.22. The highest BCUT2D eigenvalue weighted by Gasteiger charge is 2.13. The number of thiophene rings is 1. The van der Waals surface area contributed by atoms with Gasteiger partial charge < -0.3 is 15.2 Å². The number of hydrogen-bond acceptors (Lipinski definition) is 6. The summed E-state index contributed by atoms with van der Waals surface area (Å²) in [5.41, 5.74) is 2.72. The number of carbonyl (C=O) groups excluding carboxylic acids is 1. The lowest BCUT2D eigenvalue weighted by molar-refractivity contribution is -0.119. The van der Waals surface area contributed by atoms with Crippen molar-refractivity contribution in [3.8, 4) is 10.7 Å². The zero-order valence-corrected chi connectivity index (χ0v) is 21.2. The normalized spacial score (nSPS) is 10.9. The second-order valence-electron chi connectivity index (χ2n) is 7.79. The van der Waals surface area contributed by atoms with E-state index in [2.05, 4.69) is 26.7 Å². The first-order chi connectivity index (χ1) is 17.0. The van der Waals surface area contributed by atoms with E-state index in [0.29, 0.717) is 0 Å². The van der Waals surface area contributed by atoms with E-state index in [9.17, 15) is 4.79 Å². The average molecular weight is 516 g/mol. The van der Waals surface area contributed by atoms with Crippen LogP contribution in [-0.4, -0.2) is 25.6 Å². The van der Waals surface area contributed by atoms with Crippen LogP contribution in [0.15, 0.2) is 95.1 Å².